The van der Waals surface area contributed by atoms with Gasteiger partial charge in [-0.05, 0) is 23.8 Å². The summed E-state index contributed by atoms with van der Waals surface area (Å²) in [5.74, 6) is 1.35. The van der Waals surface area contributed by atoms with Crippen LogP contribution in [0.1, 0.15) is 5.56 Å². The van der Waals surface area contributed by atoms with Gasteiger partial charge in [0.05, 0.1) is 7.11 Å². The maximum absolute atomic E-state index is 12.2. The molecule has 3 rings (SSSR count). The van der Waals surface area contributed by atoms with E-state index in [0.29, 0.717) is 17.9 Å². The number of carbonyl (C=O) groups excluding carboxylic acids is 1. The van der Waals surface area contributed by atoms with E-state index in [9.17, 15) is 4.79 Å². The molecule has 2 aromatic rings. The van der Waals surface area contributed by atoms with Crippen LogP contribution in [0.15, 0.2) is 48.5 Å². The van der Waals surface area contributed by atoms with Crippen LogP contribution in [0.3, 0.4) is 0 Å². The van der Waals surface area contributed by atoms with Crippen LogP contribution < -0.4 is 14.8 Å². The van der Waals surface area contributed by atoms with Gasteiger partial charge in [0.2, 0.25) is 0 Å². The third-order valence-electron chi connectivity index (χ3n) is 3.28. The summed E-state index contributed by atoms with van der Waals surface area (Å²) < 4.78 is 10.8. The molecule has 0 saturated carbocycles. The van der Waals surface area contributed by atoms with E-state index in [-0.39, 0.29) is 5.91 Å². The third kappa shape index (κ3) is 2.45. The largest absolute Gasteiger partial charge is 0.497 e. The Morgan fingerprint density at radius 3 is 2.90 bits per heavy atom. The molecule has 0 unspecified atom stereocenters. The van der Waals surface area contributed by atoms with Crippen molar-refractivity contribution >= 4 is 11.6 Å². The molecular weight excluding hydrogens is 254 g/mol. The summed E-state index contributed by atoms with van der Waals surface area (Å²) >= 11 is 0. The monoisotopic (exact) mass is 269 g/mol. The molecule has 1 aliphatic heterocycles. The van der Waals surface area contributed by atoms with E-state index in [1.54, 1.807) is 13.2 Å². The number of amides is 1. The molecule has 1 atom stereocenters. The topological polar surface area (TPSA) is 47.6 Å². The SMILES string of the molecule is COc1cccc(NC(=O)[C@@H]2Cc3ccccc3O2)c1. The summed E-state index contributed by atoms with van der Waals surface area (Å²) in [7, 11) is 1.59. The minimum atomic E-state index is -0.474. The Hall–Kier alpha value is -2.49. The maximum Gasteiger partial charge on any atom is 0.265 e. The molecule has 0 fully saturated rings. The minimum Gasteiger partial charge on any atom is -0.497 e. The summed E-state index contributed by atoms with van der Waals surface area (Å²) in [4.78, 5) is 12.2. The van der Waals surface area contributed by atoms with E-state index in [4.69, 9.17) is 9.47 Å². The molecule has 1 heterocycles. The van der Waals surface area contributed by atoms with Crippen LogP contribution >= 0.6 is 0 Å². The van der Waals surface area contributed by atoms with Gasteiger partial charge in [0.1, 0.15) is 11.5 Å². The van der Waals surface area contributed by atoms with E-state index in [1.807, 2.05) is 42.5 Å². The molecule has 1 aliphatic rings. The summed E-state index contributed by atoms with van der Waals surface area (Å²) in [5.41, 5.74) is 1.77. The maximum atomic E-state index is 12.2. The fourth-order valence-corrected chi connectivity index (χ4v) is 2.25. The quantitative estimate of drug-likeness (QED) is 0.931. The second-order valence-electron chi connectivity index (χ2n) is 4.64. The van der Waals surface area contributed by atoms with Crippen LogP contribution in [-0.4, -0.2) is 19.1 Å². The Kier molecular flexibility index (Phi) is 3.29. The number of benzene rings is 2. The number of methoxy groups -OCH3 is 1. The Labute approximate surface area is 117 Å². The number of anilines is 1. The van der Waals surface area contributed by atoms with Crippen LogP contribution in [0.25, 0.3) is 0 Å². The van der Waals surface area contributed by atoms with Gasteiger partial charge in [-0.25, -0.2) is 0 Å². The van der Waals surface area contributed by atoms with E-state index >= 15 is 0 Å². The van der Waals surface area contributed by atoms with Gasteiger partial charge in [0.25, 0.3) is 5.91 Å². The van der Waals surface area contributed by atoms with Crippen molar-refractivity contribution in [3.63, 3.8) is 0 Å². The van der Waals surface area contributed by atoms with Crippen LogP contribution in [-0.2, 0) is 11.2 Å². The second kappa shape index (κ2) is 5.25. The van der Waals surface area contributed by atoms with Gasteiger partial charge in [-0.1, -0.05) is 24.3 Å². The zero-order valence-electron chi connectivity index (χ0n) is 11.1. The molecule has 0 aromatic heterocycles. The first-order valence-electron chi connectivity index (χ1n) is 6.46. The van der Waals surface area contributed by atoms with Gasteiger partial charge >= 0.3 is 0 Å². The van der Waals surface area contributed by atoms with Crippen molar-refractivity contribution in [3.8, 4) is 11.5 Å². The molecule has 20 heavy (non-hydrogen) atoms. The van der Waals surface area contributed by atoms with Crippen LogP contribution in [0.4, 0.5) is 5.69 Å². The lowest BCUT2D eigenvalue weighted by molar-refractivity contribution is -0.122. The molecule has 1 amide bonds. The van der Waals surface area contributed by atoms with Gasteiger partial charge in [0.15, 0.2) is 6.10 Å². The van der Waals surface area contributed by atoms with Gasteiger partial charge < -0.3 is 14.8 Å². The van der Waals surface area contributed by atoms with Crippen molar-refractivity contribution in [2.75, 3.05) is 12.4 Å². The summed E-state index contributed by atoms with van der Waals surface area (Å²) in [6.45, 7) is 0. The van der Waals surface area contributed by atoms with Gasteiger partial charge in [0, 0.05) is 18.2 Å². The zero-order chi connectivity index (χ0) is 13.9. The van der Waals surface area contributed by atoms with Crippen molar-refractivity contribution in [2.24, 2.45) is 0 Å². The average molecular weight is 269 g/mol. The Bertz CT molecular complexity index is 614. The highest BCUT2D eigenvalue weighted by Crippen LogP contribution is 2.28. The highest BCUT2D eigenvalue weighted by atomic mass is 16.5. The summed E-state index contributed by atoms with van der Waals surface area (Å²) in [6, 6.07) is 15.0. The van der Waals surface area contributed by atoms with Crippen molar-refractivity contribution in [2.45, 2.75) is 12.5 Å². The normalized spacial score (nSPS) is 16.1. The number of carbonyl (C=O) groups is 1. The fraction of sp³-hybridized carbons (Fsp3) is 0.188. The molecule has 0 saturated heterocycles. The Balaban J connectivity index is 1.69. The first kappa shape index (κ1) is 12.5. The molecule has 2 aromatic carbocycles. The molecular formula is C16H15NO3. The molecule has 102 valence electrons. The standard InChI is InChI=1S/C16H15NO3/c1-19-13-7-4-6-12(10-13)17-16(18)15-9-11-5-2-3-8-14(11)20-15/h2-8,10,15H,9H2,1H3,(H,17,18)/t15-/m0/s1. The molecule has 4 heteroatoms. The first-order valence-corrected chi connectivity index (χ1v) is 6.46. The van der Waals surface area contributed by atoms with Crippen molar-refractivity contribution in [3.05, 3.63) is 54.1 Å². The smallest absolute Gasteiger partial charge is 0.265 e. The highest BCUT2D eigenvalue weighted by molar-refractivity contribution is 5.95. The average Bonchev–Trinajstić information content (AvgIpc) is 2.91. The molecule has 1 N–H and O–H groups in total. The Morgan fingerprint density at radius 2 is 2.10 bits per heavy atom. The van der Waals surface area contributed by atoms with Crippen molar-refractivity contribution in [1.29, 1.82) is 0 Å². The van der Waals surface area contributed by atoms with E-state index in [1.165, 1.54) is 0 Å². The van der Waals surface area contributed by atoms with Crippen LogP contribution in [0.5, 0.6) is 11.5 Å². The molecule has 0 radical (unpaired) electrons. The number of fused-ring (bicyclic) bond motifs is 1. The molecule has 4 nitrogen and oxygen atoms in total. The minimum absolute atomic E-state index is 0.144. The van der Waals surface area contributed by atoms with Crippen molar-refractivity contribution in [1.82, 2.24) is 0 Å². The molecule has 0 spiro atoms. The predicted molar refractivity (Wildman–Crippen MR) is 76.2 cm³/mol. The first-order chi connectivity index (χ1) is 9.76. The summed E-state index contributed by atoms with van der Waals surface area (Å²) in [5, 5.41) is 2.85. The number of ether oxygens (including phenoxy) is 2. The van der Waals surface area contributed by atoms with Crippen molar-refractivity contribution < 1.29 is 14.3 Å². The summed E-state index contributed by atoms with van der Waals surface area (Å²) in [6.07, 6.45) is 0.130. The number of para-hydroxylation sites is 1. The lowest BCUT2D eigenvalue weighted by Gasteiger charge is -2.12. The van der Waals surface area contributed by atoms with Gasteiger partial charge in [-0.2, -0.15) is 0 Å². The predicted octanol–water partition coefficient (Wildman–Crippen LogP) is 2.64. The molecule has 0 bridgehead atoms. The number of hydrogen-bond donors (Lipinski definition) is 1. The lowest BCUT2D eigenvalue weighted by Crippen LogP contribution is -2.31. The number of rotatable bonds is 3. The van der Waals surface area contributed by atoms with E-state index in [2.05, 4.69) is 5.32 Å². The molecule has 0 aliphatic carbocycles. The highest BCUT2D eigenvalue weighted by Gasteiger charge is 2.28. The number of nitrogens with one attached hydrogen (secondary N) is 1. The fourth-order valence-electron chi connectivity index (χ4n) is 2.25. The second-order valence-corrected chi connectivity index (χ2v) is 4.64. The van der Waals surface area contributed by atoms with Crippen LogP contribution in [0, 0.1) is 0 Å². The zero-order valence-corrected chi connectivity index (χ0v) is 11.1. The Morgan fingerprint density at radius 1 is 1.25 bits per heavy atom. The van der Waals surface area contributed by atoms with E-state index < -0.39 is 6.10 Å². The number of hydrogen-bond acceptors (Lipinski definition) is 3. The lowest BCUT2D eigenvalue weighted by atomic mass is 10.1. The van der Waals surface area contributed by atoms with Crippen LogP contribution in [0.2, 0.25) is 0 Å². The van der Waals surface area contributed by atoms with Gasteiger partial charge in [-0.3, -0.25) is 4.79 Å². The van der Waals surface area contributed by atoms with E-state index in [0.717, 1.165) is 11.3 Å². The third-order valence-corrected chi connectivity index (χ3v) is 3.28. The van der Waals surface area contributed by atoms with Gasteiger partial charge in [-0.15, -0.1) is 0 Å².